The first-order valence-electron chi connectivity index (χ1n) is 7.32. The van der Waals surface area contributed by atoms with Gasteiger partial charge >= 0.3 is 0 Å². The van der Waals surface area contributed by atoms with Gasteiger partial charge in [-0.25, -0.2) is 0 Å². The zero-order chi connectivity index (χ0) is 14.5. The van der Waals surface area contributed by atoms with E-state index in [0.29, 0.717) is 11.3 Å². The first-order valence-corrected chi connectivity index (χ1v) is 8.20. The van der Waals surface area contributed by atoms with Crippen molar-refractivity contribution in [2.45, 2.75) is 42.9 Å². The number of thioether (sulfide) groups is 1. The number of hydrogen-bond acceptors (Lipinski definition) is 3. The van der Waals surface area contributed by atoms with Crippen LogP contribution in [0.15, 0.2) is 29.2 Å². The Morgan fingerprint density at radius 1 is 1.25 bits per heavy atom. The van der Waals surface area contributed by atoms with Crippen LogP contribution in [0.3, 0.4) is 0 Å². The van der Waals surface area contributed by atoms with E-state index in [9.17, 15) is 4.79 Å². The number of benzene rings is 1. The van der Waals surface area contributed by atoms with Crippen LogP contribution in [0, 0.1) is 0 Å². The van der Waals surface area contributed by atoms with Gasteiger partial charge in [0.15, 0.2) is 0 Å². The van der Waals surface area contributed by atoms with Crippen LogP contribution < -0.4 is 5.32 Å². The maximum absolute atomic E-state index is 12.5. The van der Waals surface area contributed by atoms with E-state index in [1.54, 1.807) is 0 Å². The molecule has 1 aromatic carbocycles. The highest BCUT2D eigenvalue weighted by Gasteiger charge is 2.22. The monoisotopic (exact) mass is 292 g/mol. The Kier molecular flexibility index (Phi) is 5.49. The topological polar surface area (TPSA) is 32.3 Å². The van der Waals surface area contributed by atoms with Gasteiger partial charge in [-0.15, -0.1) is 11.8 Å². The number of hydrogen-bond donors (Lipinski definition) is 1. The number of nitrogens with zero attached hydrogens (tertiary/aromatic N) is 1. The van der Waals surface area contributed by atoms with Crippen LogP contribution in [-0.2, 0) is 0 Å². The molecule has 1 fully saturated rings. The second kappa shape index (κ2) is 7.14. The number of piperidine rings is 1. The Morgan fingerprint density at radius 2 is 1.85 bits per heavy atom. The fourth-order valence-corrected chi connectivity index (χ4v) is 3.35. The van der Waals surface area contributed by atoms with Crippen molar-refractivity contribution >= 4 is 17.7 Å². The SMILES string of the molecule is CC(C)Sc1ccc(C(=O)N(C)C2CCNCC2)cc1. The van der Waals surface area contributed by atoms with Gasteiger partial charge in [0.25, 0.3) is 5.91 Å². The van der Waals surface area contributed by atoms with Gasteiger partial charge in [0, 0.05) is 28.8 Å². The molecule has 1 aromatic rings. The predicted octanol–water partition coefficient (Wildman–Crippen LogP) is 3.01. The van der Waals surface area contributed by atoms with Gasteiger partial charge in [-0.2, -0.15) is 0 Å². The summed E-state index contributed by atoms with van der Waals surface area (Å²) in [6.45, 7) is 6.36. The smallest absolute Gasteiger partial charge is 0.253 e. The van der Waals surface area contributed by atoms with E-state index in [0.717, 1.165) is 31.5 Å². The standard InChI is InChI=1S/C16H24N2OS/c1-12(2)20-15-6-4-13(5-7-15)16(19)18(3)14-8-10-17-11-9-14/h4-7,12,14,17H,8-11H2,1-3H3. The molecule has 0 aromatic heterocycles. The molecule has 1 aliphatic heterocycles. The average Bonchev–Trinajstić information content (AvgIpc) is 2.47. The van der Waals surface area contributed by atoms with Crippen molar-refractivity contribution < 1.29 is 4.79 Å². The number of carbonyl (C=O) groups excluding carboxylic acids is 1. The van der Waals surface area contributed by atoms with E-state index in [4.69, 9.17) is 0 Å². The van der Waals surface area contributed by atoms with Crippen molar-refractivity contribution in [2.75, 3.05) is 20.1 Å². The maximum atomic E-state index is 12.5. The van der Waals surface area contributed by atoms with Gasteiger partial charge in [0.2, 0.25) is 0 Å². The largest absolute Gasteiger partial charge is 0.339 e. The minimum absolute atomic E-state index is 0.137. The zero-order valence-electron chi connectivity index (χ0n) is 12.6. The summed E-state index contributed by atoms with van der Waals surface area (Å²) >= 11 is 1.82. The Morgan fingerprint density at radius 3 is 2.40 bits per heavy atom. The van der Waals surface area contributed by atoms with E-state index >= 15 is 0 Å². The average molecular weight is 292 g/mol. The van der Waals surface area contributed by atoms with E-state index in [-0.39, 0.29) is 5.91 Å². The lowest BCUT2D eigenvalue weighted by Crippen LogP contribution is -2.43. The number of nitrogens with one attached hydrogen (secondary N) is 1. The predicted molar refractivity (Wildman–Crippen MR) is 85.4 cm³/mol. The second-order valence-electron chi connectivity index (χ2n) is 5.59. The van der Waals surface area contributed by atoms with Crippen LogP contribution >= 0.6 is 11.8 Å². The van der Waals surface area contributed by atoms with Crippen molar-refractivity contribution in [3.63, 3.8) is 0 Å². The van der Waals surface area contributed by atoms with Crippen LogP contribution in [-0.4, -0.2) is 42.2 Å². The molecule has 0 aliphatic carbocycles. The summed E-state index contributed by atoms with van der Waals surface area (Å²) in [5, 5.41) is 3.90. The molecule has 4 heteroatoms. The molecular weight excluding hydrogens is 268 g/mol. The Labute approximate surface area is 126 Å². The molecule has 20 heavy (non-hydrogen) atoms. The molecular formula is C16H24N2OS. The second-order valence-corrected chi connectivity index (χ2v) is 7.24. The molecule has 1 N–H and O–H groups in total. The van der Waals surface area contributed by atoms with Gasteiger partial charge in [-0.1, -0.05) is 13.8 Å². The van der Waals surface area contributed by atoms with Gasteiger partial charge < -0.3 is 10.2 Å². The molecule has 0 spiro atoms. The third-order valence-corrected chi connectivity index (χ3v) is 4.67. The fraction of sp³-hybridized carbons (Fsp3) is 0.562. The molecule has 1 heterocycles. The first-order chi connectivity index (χ1) is 9.58. The molecule has 1 aliphatic rings. The van der Waals surface area contributed by atoms with Crippen molar-refractivity contribution in [2.24, 2.45) is 0 Å². The molecule has 0 unspecified atom stereocenters. The summed E-state index contributed by atoms with van der Waals surface area (Å²) in [5.41, 5.74) is 0.791. The summed E-state index contributed by atoms with van der Waals surface area (Å²) < 4.78 is 0. The van der Waals surface area contributed by atoms with Gasteiger partial charge in [0.05, 0.1) is 0 Å². The van der Waals surface area contributed by atoms with Crippen molar-refractivity contribution in [3.05, 3.63) is 29.8 Å². The van der Waals surface area contributed by atoms with Crippen molar-refractivity contribution in [1.82, 2.24) is 10.2 Å². The third-order valence-electron chi connectivity index (χ3n) is 3.65. The van der Waals surface area contributed by atoms with Gasteiger partial charge in [-0.05, 0) is 50.2 Å². The summed E-state index contributed by atoms with van der Waals surface area (Å²) in [5.74, 6) is 0.137. The van der Waals surface area contributed by atoms with Crippen LogP contribution in [0.4, 0.5) is 0 Å². The Balaban J connectivity index is 2.00. The summed E-state index contributed by atoms with van der Waals surface area (Å²) in [6.07, 6.45) is 2.09. The third kappa shape index (κ3) is 4.00. The molecule has 0 atom stereocenters. The lowest BCUT2D eigenvalue weighted by atomic mass is 10.0. The van der Waals surface area contributed by atoms with Crippen LogP contribution in [0.5, 0.6) is 0 Å². The molecule has 1 amide bonds. The highest BCUT2D eigenvalue weighted by molar-refractivity contribution is 7.99. The zero-order valence-corrected chi connectivity index (χ0v) is 13.4. The van der Waals surface area contributed by atoms with Crippen molar-refractivity contribution in [3.8, 4) is 0 Å². The minimum atomic E-state index is 0.137. The Hall–Kier alpha value is -1.00. The molecule has 0 radical (unpaired) electrons. The molecule has 2 rings (SSSR count). The number of carbonyl (C=O) groups is 1. The summed E-state index contributed by atoms with van der Waals surface area (Å²) in [4.78, 5) is 15.6. The minimum Gasteiger partial charge on any atom is -0.339 e. The highest BCUT2D eigenvalue weighted by atomic mass is 32.2. The highest BCUT2D eigenvalue weighted by Crippen LogP contribution is 2.23. The van der Waals surface area contributed by atoms with Crippen molar-refractivity contribution in [1.29, 1.82) is 0 Å². The van der Waals surface area contributed by atoms with E-state index in [2.05, 4.69) is 19.2 Å². The molecule has 0 saturated carbocycles. The van der Waals surface area contributed by atoms with E-state index in [1.165, 1.54) is 4.90 Å². The number of amides is 1. The molecule has 0 bridgehead atoms. The normalized spacial score (nSPS) is 16.4. The van der Waals surface area contributed by atoms with E-state index in [1.807, 2.05) is 48.0 Å². The molecule has 3 nitrogen and oxygen atoms in total. The van der Waals surface area contributed by atoms with E-state index < -0.39 is 0 Å². The summed E-state index contributed by atoms with van der Waals surface area (Å²) in [7, 11) is 1.93. The summed E-state index contributed by atoms with van der Waals surface area (Å²) in [6, 6.07) is 8.37. The van der Waals surface area contributed by atoms with Crippen LogP contribution in [0.25, 0.3) is 0 Å². The fourth-order valence-electron chi connectivity index (χ4n) is 2.51. The number of rotatable bonds is 4. The van der Waals surface area contributed by atoms with Gasteiger partial charge in [0.1, 0.15) is 0 Å². The molecule has 1 saturated heterocycles. The van der Waals surface area contributed by atoms with Crippen LogP contribution in [0.1, 0.15) is 37.0 Å². The quantitative estimate of drug-likeness (QED) is 0.866. The first kappa shape index (κ1) is 15.4. The lowest BCUT2D eigenvalue weighted by Gasteiger charge is -2.31. The molecule has 110 valence electrons. The van der Waals surface area contributed by atoms with Gasteiger partial charge in [-0.3, -0.25) is 4.79 Å². The Bertz CT molecular complexity index is 438. The van der Waals surface area contributed by atoms with Crippen LogP contribution in [0.2, 0.25) is 0 Å². The lowest BCUT2D eigenvalue weighted by molar-refractivity contribution is 0.0703. The maximum Gasteiger partial charge on any atom is 0.253 e.